The molecule has 4 nitrogen and oxygen atoms in total. The summed E-state index contributed by atoms with van der Waals surface area (Å²) in [6, 6.07) is 8.85. The fourth-order valence-electron chi connectivity index (χ4n) is 2.80. The molecule has 0 aliphatic rings. The average molecular weight is 282 g/mol. The van der Waals surface area contributed by atoms with Crippen molar-refractivity contribution in [3.63, 3.8) is 0 Å². The van der Waals surface area contributed by atoms with E-state index >= 15 is 0 Å². The molecule has 0 atom stereocenters. The standard InChI is InChI=1S/C17H22N4/c1-3-7-21-13-19-11-16(21)12-20-8-6-15-9-14(10-18-2)4-5-17(15)20/h4-6,8-9,11,13,18H,3,7,10,12H2,1-2H3. The van der Waals surface area contributed by atoms with Crippen molar-refractivity contribution < 1.29 is 0 Å². The van der Waals surface area contributed by atoms with E-state index in [0.29, 0.717) is 0 Å². The van der Waals surface area contributed by atoms with E-state index in [0.717, 1.165) is 26.1 Å². The highest BCUT2D eigenvalue weighted by molar-refractivity contribution is 5.81. The zero-order valence-corrected chi connectivity index (χ0v) is 12.7. The molecule has 2 aromatic heterocycles. The molecule has 0 amide bonds. The minimum atomic E-state index is 0.870. The first-order chi connectivity index (χ1) is 10.3. The number of rotatable bonds is 6. The van der Waals surface area contributed by atoms with Gasteiger partial charge in [-0.25, -0.2) is 4.98 Å². The molecule has 0 spiro atoms. The fraction of sp³-hybridized carbons (Fsp3) is 0.353. The summed E-state index contributed by atoms with van der Waals surface area (Å²) in [6.07, 6.45) is 7.19. The highest BCUT2D eigenvalue weighted by atomic mass is 15.1. The van der Waals surface area contributed by atoms with Crippen molar-refractivity contribution in [2.75, 3.05) is 7.05 Å². The smallest absolute Gasteiger partial charge is 0.0948 e. The Morgan fingerprint density at radius 1 is 1.19 bits per heavy atom. The Labute approximate surface area is 125 Å². The second-order valence-corrected chi connectivity index (χ2v) is 5.45. The maximum absolute atomic E-state index is 4.28. The molecule has 3 rings (SSSR count). The Kier molecular flexibility index (Phi) is 4.06. The minimum absolute atomic E-state index is 0.870. The van der Waals surface area contributed by atoms with Crippen molar-refractivity contribution in [2.24, 2.45) is 0 Å². The molecule has 0 saturated carbocycles. The maximum atomic E-state index is 4.28. The van der Waals surface area contributed by atoms with Gasteiger partial charge in [0.1, 0.15) is 0 Å². The first-order valence-corrected chi connectivity index (χ1v) is 7.53. The number of fused-ring (bicyclic) bond motifs is 1. The van der Waals surface area contributed by atoms with Crippen LogP contribution in [0.4, 0.5) is 0 Å². The molecule has 4 heteroatoms. The summed E-state index contributed by atoms with van der Waals surface area (Å²) >= 11 is 0. The molecule has 0 fully saturated rings. The lowest BCUT2D eigenvalue weighted by Gasteiger charge is -2.09. The van der Waals surface area contributed by atoms with Gasteiger partial charge < -0.3 is 14.5 Å². The Hall–Kier alpha value is -2.07. The van der Waals surface area contributed by atoms with Gasteiger partial charge in [0, 0.05) is 31.0 Å². The molecule has 1 aromatic carbocycles. The van der Waals surface area contributed by atoms with Gasteiger partial charge in [-0.05, 0) is 42.6 Å². The number of hydrogen-bond acceptors (Lipinski definition) is 2. The van der Waals surface area contributed by atoms with Gasteiger partial charge in [-0.2, -0.15) is 0 Å². The van der Waals surface area contributed by atoms with Crippen molar-refractivity contribution in [2.45, 2.75) is 33.0 Å². The number of imidazole rings is 1. The fourth-order valence-corrected chi connectivity index (χ4v) is 2.80. The topological polar surface area (TPSA) is 34.8 Å². The molecule has 0 aliphatic carbocycles. The van der Waals surface area contributed by atoms with E-state index in [1.165, 1.54) is 22.2 Å². The van der Waals surface area contributed by atoms with Gasteiger partial charge in [0.2, 0.25) is 0 Å². The maximum Gasteiger partial charge on any atom is 0.0948 e. The Bertz CT molecular complexity index is 723. The molecular formula is C17H22N4. The summed E-state index contributed by atoms with van der Waals surface area (Å²) in [4.78, 5) is 4.28. The monoisotopic (exact) mass is 282 g/mol. The van der Waals surface area contributed by atoms with Crippen molar-refractivity contribution in [1.82, 2.24) is 19.4 Å². The van der Waals surface area contributed by atoms with Crippen LogP contribution in [0, 0.1) is 0 Å². The van der Waals surface area contributed by atoms with Crippen LogP contribution in [0.5, 0.6) is 0 Å². The molecule has 2 heterocycles. The molecule has 0 aliphatic heterocycles. The van der Waals surface area contributed by atoms with Crippen LogP contribution in [0.15, 0.2) is 43.0 Å². The Morgan fingerprint density at radius 2 is 2.10 bits per heavy atom. The van der Waals surface area contributed by atoms with E-state index < -0.39 is 0 Å². The number of aromatic nitrogens is 3. The third kappa shape index (κ3) is 2.85. The number of hydrogen-bond donors (Lipinski definition) is 1. The van der Waals surface area contributed by atoms with E-state index in [9.17, 15) is 0 Å². The molecule has 0 radical (unpaired) electrons. The van der Waals surface area contributed by atoms with Gasteiger partial charge in [-0.3, -0.25) is 0 Å². The zero-order valence-electron chi connectivity index (χ0n) is 12.7. The Morgan fingerprint density at radius 3 is 2.90 bits per heavy atom. The van der Waals surface area contributed by atoms with Crippen LogP contribution in [0.2, 0.25) is 0 Å². The van der Waals surface area contributed by atoms with Crippen LogP contribution in [0.3, 0.4) is 0 Å². The van der Waals surface area contributed by atoms with Gasteiger partial charge in [0.05, 0.1) is 18.6 Å². The third-order valence-electron chi connectivity index (χ3n) is 3.81. The number of benzene rings is 1. The van der Waals surface area contributed by atoms with Crippen LogP contribution in [-0.4, -0.2) is 21.2 Å². The number of nitrogens with one attached hydrogen (secondary N) is 1. The first kappa shape index (κ1) is 13.9. The first-order valence-electron chi connectivity index (χ1n) is 7.53. The zero-order chi connectivity index (χ0) is 14.7. The summed E-state index contributed by atoms with van der Waals surface area (Å²) < 4.78 is 4.53. The van der Waals surface area contributed by atoms with Crippen molar-refractivity contribution >= 4 is 10.9 Å². The Balaban J connectivity index is 1.88. The van der Waals surface area contributed by atoms with Crippen LogP contribution in [0.25, 0.3) is 10.9 Å². The molecular weight excluding hydrogens is 260 g/mol. The van der Waals surface area contributed by atoms with Crippen LogP contribution < -0.4 is 5.32 Å². The quantitative estimate of drug-likeness (QED) is 0.754. The highest BCUT2D eigenvalue weighted by Crippen LogP contribution is 2.19. The molecule has 110 valence electrons. The predicted octanol–water partition coefficient (Wildman–Crippen LogP) is 3.02. The summed E-state index contributed by atoms with van der Waals surface area (Å²) in [7, 11) is 1.98. The minimum Gasteiger partial charge on any atom is -0.341 e. The van der Waals surface area contributed by atoms with Crippen LogP contribution >= 0.6 is 0 Å². The predicted molar refractivity (Wildman–Crippen MR) is 86.3 cm³/mol. The van der Waals surface area contributed by atoms with Gasteiger partial charge in [0.25, 0.3) is 0 Å². The lowest BCUT2D eigenvalue weighted by molar-refractivity contribution is 0.629. The second-order valence-electron chi connectivity index (χ2n) is 5.45. The number of nitrogens with zero attached hydrogens (tertiary/aromatic N) is 3. The van der Waals surface area contributed by atoms with Crippen molar-refractivity contribution in [3.8, 4) is 0 Å². The summed E-state index contributed by atoms with van der Waals surface area (Å²) in [5, 5.41) is 4.49. The van der Waals surface area contributed by atoms with Gasteiger partial charge in [-0.15, -0.1) is 0 Å². The second kappa shape index (κ2) is 6.14. The van der Waals surface area contributed by atoms with Gasteiger partial charge in [0.15, 0.2) is 0 Å². The molecule has 0 unspecified atom stereocenters. The summed E-state index contributed by atoms with van der Waals surface area (Å²) in [5.74, 6) is 0. The molecule has 1 N–H and O–H groups in total. The highest BCUT2D eigenvalue weighted by Gasteiger charge is 2.06. The van der Waals surface area contributed by atoms with Crippen LogP contribution in [0.1, 0.15) is 24.6 Å². The van der Waals surface area contributed by atoms with E-state index in [-0.39, 0.29) is 0 Å². The summed E-state index contributed by atoms with van der Waals surface area (Å²) in [6.45, 7) is 5.00. The van der Waals surface area contributed by atoms with Crippen molar-refractivity contribution in [3.05, 3.63) is 54.2 Å². The van der Waals surface area contributed by atoms with Crippen molar-refractivity contribution in [1.29, 1.82) is 0 Å². The molecule has 0 saturated heterocycles. The van der Waals surface area contributed by atoms with E-state index in [4.69, 9.17) is 0 Å². The summed E-state index contributed by atoms with van der Waals surface area (Å²) in [5.41, 5.74) is 3.85. The van der Waals surface area contributed by atoms with E-state index in [1.54, 1.807) is 0 Å². The lowest BCUT2D eigenvalue weighted by Crippen LogP contribution is -2.06. The molecule has 21 heavy (non-hydrogen) atoms. The van der Waals surface area contributed by atoms with E-state index in [2.05, 4.69) is 56.8 Å². The largest absolute Gasteiger partial charge is 0.341 e. The average Bonchev–Trinajstić information content (AvgIpc) is 3.08. The van der Waals surface area contributed by atoms with Gasteiger partial charge >= 0.3 is 0 Å². The molecule has 0 bridgehead atoms. The van der Waals surface area contributed by atoms with E-state index in [1.807, 2.05) is 19.6 Å². The molecule has 3 aromatic rings. The van der Waals surface area contributed by atoms with Crippen LogP contribution in [-0.2, 0) is 19.6 Å². The SMILES string of the molecule is CCCn1cncc1Cn1ccc2cc(CNC)ccc21. The lowest BCUT2D eigenvalue weighted by atomic mass is 10.1. The number of aryl methyl sites for hydroxylation is 1. The van der Waals surface area contributed by atoms with Gasteiger partial charge in [-0.1, -0.05) is 13.0 Å². The normalized spacial score (nSPS) is 11.3. The third-order valence-corrected chi connectivity index (χ3v) is 3.81.